The van der Waals surface area contributed by atoms with E-state index in [2.05, 4.69) is 10.9 Å². The molecule has 8 nitrogen and oxygen atoms in total. The van der Waals surface area contributed by atoms with Crippen molar-refractivity contribution in [3.63, 3.8) is 0 Å². The molecule has 2 N–H and O–H groups in total. The van der Waals surface area contributed by atoms with Gasteiger partial charge in [0.2, 0.25) is 10.0 Å². The summed E-state index contributed by atoms with van der Waals surface area (Å²) in [5, 5.41) is 1.75. The molecule has 1 aromatic carbocycles. The minimum atomic E-state index is -3.83. The van der Waals surface area contributed by atoms with Crippen molar-refractivity contribution in [3.8, 4) is 5.75 Å². The van der Waals surface area contributed by atoms with Crippen LogP contribution in [-0.2, 0) is 10.0 Å². The van der Waals surface area contributed by atoms with Crippen LogP contribution in [0.5, 0.6) is 5.75 Å². The van der Waals surface area contributed by atoms with Crippen LogP contribution in [0.4, 0.5) is 0 Å². The Hall–Kier alpha value is -2.43. The van der Waals surface area contributed by atoms with Crippen molar-refractivity contribution >= 4 is 33.2 Å². The van der Waals surface area contributed by atoms with Gasteiger partial charge in [0.05, 0.1) is 12.0 Å². The van der Waals surface area contributed by atoms with Gasteiger partial charge in [-0.1, -0.05) is 12.5 Å². The second kappa shape index (κ2) is 8.93. The van der Waals surface area contributed by atoms with Crippen LogP contribution in [0.3, 0.4) is 0 Å². The first-order valence-corrected chi connectivity index (χ1v) is 11.5. The third-order valence-corrected chi connectivity index (χ3v) is 7.69. The van der Waals surface area contributed by atoms with Gasteiger partial charge in [-0.2, -0.15) is 4.31 Å². The van der Waals surface area contributed by atoms with Gasteiger partial charge in [0.1, 0.15) is 10.6 Å². The zero-order valence-electron chi connectivity index (χ0n) is 16.2. The van der Waals surface area contributed by atoms with Gasteiger partial charge in [0.25, 0.3) is 11.8 Å². The monoisotopic (exact) mass is 437 g/mol. The maximum atomic E-state index is 13.2. The third-order valence-electron chi connectivity index (χ3n) is 4.79. The van der Waals surface area contributed by atoms with E-state index in [0.717, 1.165) is 19.3 Å². The molecule has 0 aliphatic carbocycles. The Morgan fingerprint density at radius 2 is 1.93 bits per heavy atom. The Balaban J connectivity index is 1.82. The highest BCUT2D eigenvalue weighted by atomic mass is 32.2. The highest BCUT2D eigenvalue weighted by Gasteiger charge is 2.33. The first-order valence-electron chi connectivity index (χ1n) is 9.18. The minimum absolute atomic E-state index is 0.0639. The lowest BCUT2D eigenvalue weighted by Gasteiger charge is -2.32. The molecular formula is C19H23N3O5S2. The van der Waals surface area contributed by atoms with Crippen LogP contribution in [0.15, 0.2) is 40.6 Å². The molecule has 10 heteroatoms. The molecule has 2 aromatic rings. The predicted octanol–water partition coefficient (Wildman–Crippen LogP) is 2.39. The lowest BCUT2D eigenvalue weighted by molar-refractivity contribution is 0.0848. The number of hydrogen-bond acceptors (Lipinski definition) is 6. The topological polar surface area (TPSA) is 105 Å². The number of piperidine rings is 1. The van der Waals surface area contributed by atoms with Crippen LogP contribution in [0.1, 0.15) is 46.2 Å². The van der Waals surface area contributed by atoms with Crippen molar-refractivity contribution in [2.45, 2.75) is 37.1 Å². The fraction of sp³-hybridized carbons (Fsp3) is 0.368. The molecule has 0 spiro atoms. The van der Waals surface area contributed by atoms with E-state index in [9.17, 15) is 18.0 Å². The number of carbonyl (C=O) groups excluding carboxylic acids is 2. The largest absolute Gasteiger partial charge is 0.495 e. The van der Waals surface area contributed by atoms with Crippen molar-refractivity contribution in [2.24, 2.45) is 0 Å². The number of ether oxygens (including phenoxy) is 1. The Morgan fingerprint density at radius 1 is 1.17 bits per heavy atom. The number of sulfonamides is 1. The molecule has 1 fully saturated rings. The van der Waals surface area contributed by atoms with Crippen LogP contribution in [0.25, 0.3) is 0 Å². The molecule has 0 saturated carbocycles. The number of rotatable bonds is 5. The average molecular weight is 438 g/mol. The molecular weight excluding hydrogens is 414 g/mol. The first kappa shape index (κ1) is 21.3. The van der Waals surface area contributed by atoms with Gasteiger partial charge in [0, 0.05) is 18.2 Å². The van der Waals surface area contributed by atoms with E-state index in [1.165, 1.54) is 41.0 Å². The Bertz CT molecular complexity index is 989. The zero-order valence-corrected chi connectivity index (χ0v) is 17.8. The maximum absolute atomic E-state index is 13.2. The Labute approximate surface area is 173 Å². The summed E-state index contributed by atoms with van der Waals surface area (Å²) >= 11 is 1.24. The summed E-state index contributed by atoms with van der Waals surface area (Å²) in [4.78, 5) is 24.8. The summed E-state index contributed by atoms with van der Waals surface area (Å²) in [6.45, 7) is 2.31. The van der Waals surface area contributed by atoms with Crippen LogP contribution >= 0.6 is 11.3 Å². The van der Waals surface area contributed by atoms with E-state index in [4.69, 9.17) is 4.74 Å². The Kier molecular flexibility index (Phi) is 6.56. The van der Waals surface area contributed by atoms with E-state index < -0.39 is 21.8 Å². The molecule has 1 saturated heterocycles. The number of carbonyl (C=O) groups is 2. The van der Waals surface area contributed by atoms with Crippen molar-refractivity contribution in [1.29, 1.82) is 0 Å². The highest BCUT2D eigenvalue weighted by Crippen LogP contribution is 2.31. The van der Waals surface area contributed by atoms with Crippen molar-refractivity contribution in [1.82, 2.24) is 15.2 Å². The van der Waals surface area contributed by atoms with Gasteiger partial charge in [-0.05, 0) is 49.4 Å². The van der Waals surface area contributed by atoms with E-state index in [-0.39, 0.29) is 22.3 Å². The second-order valence-electron chi connectivity index (χ2n) is 6.71. The number of hydrazine groups is 1. The lowest BCUT2D eigenvalue weighted by Crippen LogP contribution is -2.42. The number of hydrogen-bond donors (Lipinski definition) is 2. The van der Waals surface area contributed by atoms with E-state index in [1.807, 2.05) is 6.92 Å². The molecule has 0 unspecified atom stereocenters. The molecule has 29 heavy (non-hydrogen) atoms. The SMILES string of the molecule is COc1ccc(C(=O)NNC(=O)c2cccs2)cc1S(=O)(=O)N1CCCC[C@@H]1C. The molecule has 0 bridgehead atoms. The number of amides is 2. The summed E-state index contributed by atoms with van der Waals surface area (Å²) in [6, 6.07) is 7.40. The summed E-state index contributed by atoms with van der Waals surface area (Å²) < 4.78 is 33.1. The zero-order chi connectivity index (χ0) is 21.0. The molecule has 0 radical (unpaired) electrons. The van der Waals surface area contributed by atoms with Gasteiger partial charge in [-0.25, -0.2) is 8.42 Å². The maximum Gasteiger partial charge on any atom is 0.279 e. The van der Waals surface area contributed by atoms with E-state index in [1.54, 1.807) is 17.5 Å². The third kappa shape index (κ3) is 4.60. The molecule has 3 rings (SSSR count). The molecule has 1 aliphatic heterocycles. The number of nitrogens with zero attached hydrogens (tertiary/aromatic N) is 1. The summed E-state index contributed by atoms with van der Waals surface area (Å²) in [7, 11) is -2.45. The quantitative estimate of drug-likeness (QED) is 0.699. The fourth-order valence-corrected chi connectivity index (χ4v) is 5.73. The standard InChI is InChI=1S/C19H23N3O5S2/c1-13-6-3-4-10-22(13)29(25,26)17-12-14(8-9-15(17)27-2)18(23)20-21-19(24)16-7-5-11-28-16/h5,7-9,11-13H,3-4,6,10H2,1-2H3,(H,20,23)(H,21,24)/t13-/m0/s1. The smallest absolute Gasteiger partial charge is 0.279 e. The van der Waals surface area contributed by atoms with Gasteiger partial charge in [-0.3, -0.25) is 20.4 Å². The molecule has 2 amide bonds. The first-order chi connectivity index (χ1) is 13.8. The number of benzene rings is 1. The van der Waals surface area contributed by atoms with Crippen molar-refractivity contribution < 1.29 is 22.7 Å². The lowest BCUT2D eigenvalue weighted by atomic mass is 10.1. The Morgan fingerprint density at radius 3 is 2.59 bits per heavy atom. The van der Waals surface area contributed by atoms with Crippen molar-refractivity contribution in [2.75, 3.05) is 13.7 Å². The number of methoxy groups -OCH3 is 1. The molecule has 1 aromatic heterocycles. The van der Waals surface area contributed by atoms with Gasteiger partial charge in [0.15, 0.2) is 0 Å². The van der Waals surface area contributed by atoms with Crippen LogP contribution in [0, 0.1) is 0 Å². The fourth-order valence-electron chi connectivity index (χ4n) is 3.23. The van der Waals surface area contributed by atoms with E-state index >= 15 is 0 Å². The van der Waals surface area contributed by atoms with Crippen LogP contribution in [-0.4, -0.2) is 44.2 Å². The molecule has 2 heterocycles. The molecule has 1 aliphatic rings. The van der Waals surface area contributed by atoms with Gasteiger partial charge >= 0.3 is 0 Å². The average Bonchev–Trinajstić information content (AvgIpc) is 3.26. The minimum Gasteiger partial charge on any atom is -0.495 e. The van der Waals surface area contributed by atoms with Crippen LogP contribution in [0.2, 0.25) is 0 Å². The number of thiophene rings is 1. The summed E-state index contributed by atoms with van der Waals surface area (Å²) in [6.07, 6.45) is 2.56. The highest BCUT2D eigenvalue weighted by molar-refractivity contribution is 7.89. The number of nitrogens with one attached hydrogen (secondary N) is 2. The van der Waals surface area contributed by atoms with Crippen LogP contribution < -0.4 is 15.6 Å². The van der Waals surface area contributed by atoms with E-state index in [0.29, 0.717) is 11.4 Å². The van der Waals surface area contributed by atoms with Gasteiger partial charge < -0.3 is 4.74 Å². The molecule has 156 valence electrons. The van der Waals surface area contributed by atoms with Gasteiger partial charge in [-0.15, -0.1) is 11.3 Å². The predicted molar refractivity (Wildman–Crippen MR) is 109 cm³/mol. The normalized spacial score (nSPS) is 17.5. The summed E-state index contributed by atoms with van der Waals surface area (Å²) in [5.41, 5.74) is 4.73. The van der Waals surface area contributed by atoms with Crippen molar-refractivity contribution in [3.05, 3.63) is 46.2 Å². The molecule has 1 atom stereocenters. The summed E-state index contributed by atoms with van der Waals surface area (Å²) in [5.74, 6) is -0.903. The second-order valence-corrected chi connectivity index (χ2v) is 9.52.